The number of rotatable bonds is 5. The number of aryl methyl sites for hydroxylation is 1. The molecule has 1 fully saturated rings. The Kier molecular flexibility index (Phi) is 3.88. The second-order valence-corrected chi connectivity index (χ2v) is 5.41. The van der Waals surface area contributed by atoms with Crippen molar-refractivity contribution < 1.29 is 13.5 Å². The lowest BCUT2D eigenvalue weighted by Crippen LogP contribution is -2.15. The van der Waals surface area contributed by atoms with Crippen molar-refractivity contribution in [2.75, 3.05) is 0 Å². The molecule has 0 radical (unpaired) electrons. The first-order valence-corrected chi connectivity index (χ1v) is 7.08. The van der Waals surface area contributed by atoms with E-state index in [1.165, 1.54) is 25.0 Å². The molecule has 0 atom stereocenters. The van der Waals surface area contributed by atoms with Crippen molar-refractivity contribution in [3.63, 3.8) is 0 Å². The Balaban J connectivity index is 1.79. The molecule has 0 aromatic heterocycles. The zero-order valence-corrected chi connectivity index (χ0v) is 11.8. The maximum atomic E-state index is 13.7. The van der Waals surface area contributed by atoms with Crippen LogP contribution in [0.3, 0.4) is 0 Å². The Morgan fingerprint density at radius 1 is 1.14 bits per heavy atom. The average molecular weight is 289 g/mol. The van der Waals surface area contributed by atoms with Gasteiger partial charge in [-0.15, -0.1) is 0 Å². The highest BCUT2D eigenvalue weighted by molar-refractivity contribution is 5.40. The quantitative estimate of drug-likeness (QED) is 0.885. The molecule has 2 aromatic carbocycles. The van der Waals surface area contributed by atoms with Crippen molar-refractivity contribution in [3.05, 3.63) is 59.2 Å². The molecule has 0 saturated heterocycles. The first-order valence-electron chi connectivity index (χ1n) is 7.08. The lowest BCUT2D eigenvalue weighted by Gasteiger charge is -2.12. The molecule has 2 aromatic rings. The van der Waals surface area contributed by atoms with E-state index >= 15 is 0 Å². The molecule has 1 aliphatic rings. The lowest BCUT2D eigenvalue weighted by molar-refractivity contribution is 0.413. The fourth-order valence-electron chi connectivity index (χ4n) is 2.10. The maximum absolute atomic E-state index is 13.7. The molecule has 0 unspecified atom stereocenters. The highest BCUT2D eigenvalue weighted by Crippen LogP contribution is 2.29. The van der Waals surface area contributed by atoms with E-state index in [4.69, 9.17) is 4.74 Å². The summed E-state index contributed by atoms with van der Waals surface area (Å²) in [5, 5.41) is 3.41. The van der Waals surface area contributed by atoms with Crippen LogP contribution in [0, 0.1) is 18.6 Å². The van der Waals surface area contributed by atoms with Gasteiger partial charge in [-0.05, 0) is 49.1 Å². The largest absolute Gasteiger partial charge is 0.454 e. The van der Waals surface area contributed by atoms with Gasteiger partial charge in [-0.2, -0.15) is 4.39 Å². The van der Waals surface area contributed by atoms with Crippen molar-refractivity contribution in [3.8, 4) is 11.5 Å². The standard InChI is InChI=1S/C17H17F2NO/c1-11-5-6-12(10-20-13-7-8-13)9-16(11)21-15-4-2-3-14(18)17(15)19/h2-6,9,13,20H,7-8,10H2,1H3. The lowest BCUT2D eigenvalue weighted by atomic mass is 10.1. The third-order valence-electron chi connectivity index (χ3n) is 3.56. The van der Waals surface area contributed by atoms with Crippen molar-refractivity contribution in [1.29, 1.82) is 0 Å². The number of halogens is 2. The first-order chi connectivity index (χ1) is 10.1. The predicted octanol–water partition coefficient (Wildman–Crippen LogP) is 4.32. The first kappa shape index (κ1) is 14.0. The molecule has 3 rings (SSSR count). The molecule has 0 bridgehead atoms. The van der Waals surface area contributed by atoms with E-state index in [1.807, 2.05) is 25.1 Å². The summed E-state index contributed by atoms with van der Waals surface area (Å²) >= 11 is 0. The minimum atomic E-state index is -0.960. The van der Waals surface area contributed by atoms with E-state index in [0.29, 0.717) is 11.8 Å². The highest BCUT2D eigenvalue weighted by Gasteiger charge is 2.20. The van der Waals surface area contributed by atoms with Crippen LogP contribution in [0.5, 0.6) is 11.5 Å². The molecule has 110 valence electrons. The van der Waals surface area contributed by atoms with Gasteiger partial charge < -0.3 is 10.1 Å². The van der Waals surface area contributed by atoms with E-state index in [1.54, 1.807) is 0 Å². The normalized spacial score (nSPS) is 14.2. The summed E-state index contributed by atoms with van der Waals surface area (Å²) in [6.07, 6.45) is 2.45. The topological polar surface area (TPSA) is 21.3 Å². The van der Waals surface area contributed by atoms with Gasteiger partial charge in [0.15, 0.2) is 11.6 Å². The van der Waals surface area contributed by atoms with Crippen molar-refractivity contribution in [2.24, 2.45) is 0 Å². The van der Waals surface area contributed by atoms with E-state index < -0.39 is 11.6 Å². The Labute approximate surface area is 122 Å². The fourth-order valence-corrected chi connectivity index (χ4v) is 2.10. The van der Waals surface area contributed by atoms with Crippen LogP contribution in [0.25, 0.3) is 0 Å². The predicted molar refractivity (Wildman–Crippen MR) is 77.5 cm³/mol. The third kappa shape index (κ3) is 3.39. The zero-order chi connectivity index (χ0) is 14.8. The number of hydrogen-bond donors (Lipinski definition) is 1. The Morgan fingerprint density at radius 2 is 1.95 bits per heavy atom. The summed E-state index contributed by atoms with van der Waals surface area (Å²) in [5.41, 5.74) is 1.95. The van der Waals surface area contributed by atoms with E-state index in [2.05, 4.69) is 5.32 Å². The average Bonchev–Trinajstić information content (AvgIpc) is 3.29. The maximum Gasteiger partial charge on any atom is 0.201 e. The summed E-state index contributed by atoms with van der Waals surface area (Å²) in [6, 6.07) is 10.4. The molecule has 1 aliphatic carbocycles. The second kappa shape index (κ2) is 5.82. The summed E-state index contributed by atoms with van der Waals surface area (Å²) in [7, 11) is 0. The van der Waals surface area contributed by atoms with Crippen LogP contribution in [0.15, 0.2) is 36.4 Å². The fraction of sp³-hybridized carbons (Fsp3) is 0.294. The van der Waals surface area contributed by atoms with Gasteiger partial charge in [0.25, 0.3) is 0 Å². The second-order valence-electron chi connectivity index (χ2n) is 5.41. The van der Waals surface area contributed by atoms with Crippen molar-refractivity contribution in [1.82, 2.24) is 5.32 Å². The van der Waals surface area contributed by atoms with E-state index in [9.17, 15) is 8.78 Å². The minimum absolute atomic E-state index is 0.0922. The van der Waals surface area contributed by atoms with E-state index in [0.717, 1.165) is 23.7 Å². The van der Waals surface area contributed by atoms with Crippen LogP contribution in [0.4, 0.5) is 8.78 Å². The van der Waals surface area contributed by atoms with E-state index in [-0.39, 0.29) is 5.75 Å². The molecule has 4 heteroatoms. The van der Waals surface area contributed by atoms with Crippen LogP contribution in [-0.4, -0.2) is 6.04 Å². The summed E-state index contributed by atoms with van der Waals surface area (Å²) in [6.45, 7) is 2.64. The number of benzene rings is 2. The molecule has 0 amide bonds. The Hall–Kier alpha value is -1.94. The van der Waals surface area contributed by atoms with Crippen LogP contribution in [0.1, 0.15) is 24.0 Å². The molecule has 0 aliphatic heterocycles. The van der Waals surface area contributed by atoms with Gasteiger partial charge >= 0.3 is 0 Å². The smallest absolute Gasteiger partial charge is 0.201 e. The van der Waals surface area contributed by atoms with Crippen LogP contribution in [-0.2, 0) is 6.54 Å². The van der Waals surface area contributed by atoms with Gasteiger partial charge in [-0.25, -0.2) is 4.39 Å². The summed E-state index contributed by atoms with van der Waals surface area (Å²) in [5.74, 6) is -1.41. The SMILES string of the molecule is Cc1ccc(CNC2CC2)cc1Oc1cccc(F)c1F. The van der Waals surface area contributed by atoms with Gasteiger partial charge in [0.1, 0.15) is 5.75 Å². The molecule has 21 heavy (non-hydrogen) atoms. The summed E-state index contributed by atoms with van der Waals surface area (Å²) < 4.78 is 32.4. The molecule has 1 N–H and O–H groups in total. The Bertz CT molecular complexity index is 653. The van der Waals surface area contributed by atoms with Gasteiger partial charge in [-0.1, -0.05) is 18.2 Å². The molecule has 1 saturated carbocycles. The van der Waals surface area contributed by atoms with Gasteiger partial charge in [-0.3, -0.25) is 0 Å². The van der Waals surface area contributed by atoms with Crippen LogP contribution >= 0.6 is 0 Å². The van der Waals surface area contributed by atoms with Gasteiger partial charge in [0.2, 0.25) is 5.82 Å². The summed E-state index contributed by atoms with van der Waals surface area (Å²) in [4.78, 5) is 0. The molecular weight excluding hydrogens is 272 g/mol. The number of ether oxygens (including phenoxy) is 1. The van der Waals surface area contributed by atoms with Crippen molar-refractivity contribution >= 4 is 0 Å². The molecule has 0 heterocycles. The molecular formula is C17H17F2NO. The third-order valence-corrected chi connectivity index (χ3v) is 3.56. The van der Waals surface area contributed by atoms with Crippen LogP contribution in [0.2, 0.25) is 0 Å². The molecule has 0 spiro atoms. The Morgan fingerprint density at radius 3 is 2.71 bits per heavy atom. The highest BCUT2D eigenvalue weighted by atomic mass is 19.2. The molecule has 2 nitrogen and oxygen atoms in total. The number of nitrogens with one attached hydrogen (secondary N) is 1. The number of hydrogen-bond acceptors (Lipinski definition) is 2. The van der Waals surface area contributed by atoms with Gasteiger partial charge in [0, 0.05) is 12.6 Å². The van der Waals surface area contributed by atoms with Crippen LogP contribution < -0.4 is 10.1 Å². The zero-order valence-electron chi connectivity index (χ0n) is 11.8. The van der Waals surface area contributed by atoms with Gasteiger partial charge in [0.05, 0.1) is 0 Å². The minimum Gasteiger partial charge on any atom is -0.454 e. The van der Waals surface area contributed by atoms with Crippen molar-refractivity contribution in [2.45, 2.75) is 32.4 Å². The monoisotopic (exact) mass is 289 g/mol.